The number of alkyl halides is 6. The first kappa shape index (κ1) is 20.7. The summed E-state index contributed by atoms with van der Waals surface area (Å²) in [4.78, 5) is 12.6. The van der Waals surface area contributed by atoms with Crippen molar-refractivity contribution in [2.24, 2.45) is 7.05 Å². The van der Waals surface area contributed by atoms with Gasteiger partial charge in [0, 0.05) is 19.7 Å². The highest BCUT2D eigenvalue weighted by Gasteiger charge is 2.58. The number of aryl methyl sites for hydroxylation is 1. The van der Waals surface area contributed by atoms with Crippen molar-refractivity contribution in [3.8, 4) is 0 Å². The zero-order valence-electron chi connectivity index (χ0n) is 15.0. The Labute approximate surface area is 161 Å². The quantitative estimate of drug-likeness (QED) is 0.750. The van der Waals surface area contributed by atoms with Gasteiger partial charge in [0.15, 0.2) is 11.2 Å². The number of amides is 1. The Morgan fingerprint density at radius 3 is 2.38 bits per heavy atom. The number of benzene rings is 1. The number of carbonyl (C=O) groups is 1. The van der Waals surface area contributed by atoms with Crippen LogP contribution in [-0.2, 0) is 13.2 Å². The molecule has 0 radical (unpaired) electrons. The second-order valence-electron chi connectivity index (χ2n) is 6.50. The molecule has 154 valence electrons. The van der Waals surface area contributed by atoms with E-state index >= 15 is 0 Å². The molecular formula is C19H15F6N3O. The molecule has 0 fully saturated rings. The Hall–Kier alpha value is -3.04. The van der Waals surface area contributed by atoms with Gasteiger partial charge in [-0.3, -0.25) is 9.48 Å². The molecular weight excluding hydrogens is 400 g/mol. The third-order valence-electron chi connectivity index (χ3n) is 4.52. The van der Waals surface area contributed by atoms with E-state index in [1.807, 2.05) is 5.32 Å². The Kier molecular flexibility index (Phi) is 5.06. The molecule has 10 heteroatoms. The van der Waals surface area contributed by atoms with E-state index < -0.39 is 41.5 Å². The maximum Gasteiger partial charge on any atom is 0.435 e. The summed E-state index contributed by atoms with van der Waals surface area (Å²) in [5.41, 5.74) is -5.49. The van der Waals surface area contributed by atoms with Gasteiger partial charge in [-0.2, -0.15) is 31.4 Å². The van der Waals surface area contributed by atoms with Crippen molar-refractivity contribution in [2.75, 3.05) is 0 Å². The normalized spacial score (nSPS) is 19.8. The summed E-state index contributed by atoms with van der Waals surface area (Å²) in [6.45, 7) is 0. The number of carbonyl (C=O) groups excluding carboxylic acids is 1. The number of halogens is 6. The summed E-state index contributed by atoms with van der Waals surface area (Å²) in [6, 6.07) is 7.54. The van der Waals surface area contributed by atoms with Gasteiger partial charge in [0.2, 0.25) is 0 Å². The van der Waals surface area contributed by atoms with Gasteiger partial charge in [-0.1, -0.05) is 48.6 Å². The van der Waals surface area contributed by atoms with Gasteiger partial charge in [0.1, 0.15) is 0 Å². The lowest BCUT2D eigenvalue weighted by atomic mass is 9.78. The first-order valence-electron chi connectivity index (χ1n) is 8.38. The smallest absolute Gasteiger partial charge is 0.334 e. The van der Waals surface area contributed by atoms with Crippen LogP contribution in [0.3, 0.4) is 0 Å². The molecule has 1 amide bonds. The minimum atomic E-state index is -5.00. The molecule has 4 nitrogen and oxygen atoms in total. The Balaban J connectivity index is 2.09. The van der Waals surface area contributed by atoms with Crippen molar-refractivity contribution in [3.05, 3.63) is 71.6 Å². The maximum absolute atomic E-state index is 14.2. The predicted molar refractivity (Wildman–Crippen MR) is 92.6 cm³/mol. The molecule has 1 N–H and O–H groups in total. The van der Waals surface area contributed by atoms with Crippen LogP contribution >= 0.6 is 0 Å². The first-order valence-corrected chi connectivity index (χ1v) is 8.38. The Morgan fingerprint density at radius 1 is 1.14 bits per heavy atom. The second-order valence-corrected chi connectivity index (χ2v) is 6.50. The molecule has 1 aromatic carbocycles. The van der Waals surface area contributed by atoms with Crippen LogP contribution in [0.15, 0.2) is 54.8 Å². The molecule has 0 aliphatic heterocycles. The topological polar surface area (TPSA) is 46.9 Å². The number of allylic oxidation sites excluding steroid dienone is 2. The van der Waals surface area contributed by atoms with Crippen molar-refractivity contribution >= 4 is 11.5 Å². The number of rotatable bonds is 3. The summed E-state index contributed by atoms with van der Waals surface area (Å²) in [6.07, 6.45) is -6.09. The summed E-state index contributed by atoms with van der Waals surface area (Å²) < 4.78 is 82.9. The highest BCUT2D eigenvalue weighted by molar-refractivity contribution is 5.98. The van der Waals surface area contributed by atoms with E-state index in [0.717, 1.165) is 17.9 Å². The summed E-state index contributed by atoms with van der Waals surface area (Å²) in [5, 5.41) is 5.01. The van der Waals surface area contributed by atoms with Crippen molar-refractivity contribution < 1.29 is 31.1 Å². The molecule has 0 saturated heterocycles. The fourth-order valence-corrected chi connectivity index (χ4v) is 3.20. The fraction of sp³-hybridized carbons (Fsp3) is 0.263. The molecule has 0 bridgehead atoms. The van der Waals surface area contributed by atoms with Crippen molar-refractivity contribution in [3.63, 3.8) is 0 Å². The van der Waals surface area contributed by atoms with E-state index in [1.165, 1.54) is 42.5 Å². The molecule has 1 atom stereocenters. The third-order valence-corrected chi connectivity index (χ3v) is 4.52. The minimum Gasteiger partial charge on any atom is -0.334 e. The van der Waals surface area contributed by atoms with E-state index in [1.54, 1.807) is 6.07 Å². The average molecular weight is 415 g/mol. The summed E-state index contributed by atoms with van der Waals surface area (Å²) in [7, 11) is 1.14. The zero-order chi connectivity index (χ0) is 21.4. The lowest BCUT2D eigenvalue weighted by Gasteiger charge is -2.39. The van der Waals surface area contributed by atoms with Crippen molar-refractivity contribution in [1.29, 1.82) is 0 Å². The molecule has 2 aromatic rings. The average Bonchev–Trinajstić information content (AvgIpc) is 3.04. The maximum atomic E-state index is 14.2. The molecule has 0 saturated carbocycles. The standard InChI is InChI=1S/C19H15F6N3O/c1-28-11-13(15(27-28)18(20,21)22)16(29)26-17(19(23,24)25)10-6-5-9-14(17)12-7-3-2-4-8-12/h2-9,11H,10H2,1H3,(H,26,29). The van der Waals surface area contributed by atoms with Crippen LogP contribution in [0.25, 0.3) is 5.57 Å². The summed E-state index contributed by atoms with van der Waals surface area (Å²) in [5.74, 6) is -1.51. The van der Waals surface area contributed by atoms with Crippen LogP contribution in [0.2, 0.25) is 0 Å². The molecule has 1 unspecified atom stereocenters. The number of aromatic nitrogens is 2. The monoisotopic (exact) mass is 415 g/mol. The lowest BCUT2D eigenvalue weighted by Crippen LogP contribution is -2.59. The fourth-order valence-electron chi connectivity index (χ4n) is 3.20. The van der Waals surface area contributed by atoms with Gasteiger partial charge in [0.05, 0.1) is 5.56 Å². The van der Waals surface area contributed by atoms with E-state index in [2.05, 4.69) is 5.10 Å². The predicted octanol–water partition coefficient (Wildman–Crippen LogP) is 4.51. The van der Waals surface area contributed by atoms with Gasteiger partial charge in [-0.25, -0.2) is 0 Å². The van der Waals surface area contributed by atoms with Gasteiger partial charge >= 0.3 is 12.4 Å². The van der Waals surface area contributed by atoms with Gasteiger partial charge in [0.25, 0.3) is 5.91 Å². The number of hydrogen-bond donors (Lipinski definition) is 1. The molecule has 1 heterocycles. The van der Waals surface area contributed by atoms with Gasteiger partial charge < -0.3 is 5.32 Å². The van der Waals surface area contributed by atoms with E-state index in [9.17, 15) is 31.1 Å². The third kappa shape index (κ3) is 3.79. The van der Waals surface area contributed by atoms with Gasteiger partial charge in [-0.05, 0) is 11.1 Å². The molecule has 0 spiro atoms. The highest BCUT2D eigenvalue weighted by atomic mass is 19.4. The largest absolute Gasteiger partial charge is 0.435 e. The van der Waals surface area contributed by atoms with Crippen LogP contribution in [-0.4, -0.2) is 27.4 Å². The number of nitrogens with one attached hydrogen (secondary N) is 1. The zero-order valence-corrected chi connectivity index (χ0v) is 15.0. The number of nitrogens with zero attached hydrogens (tertiary/aromatic N) is 2. The second kappa shape index (κ2) is 7.09. The SMILES string of the molecule is Cn1cc(C(=O)NC2(C(F)(F)F)CC=CC=C2c2ccccc2)c(C(F)(F)F)n1. The van der Waals surface area contributed by atoms with Crippen molar-refractivity contribution in [2.45, 2.75) is 24.3 Å². The molecule has 1 aliphatic carbocycles. The van der Waals surface area contributed by atoms with Crippen LogP contribution in [0.1, 0.15) is 28.0 Å². The Morgan fingerprint density at radius 2 is 1.79 bits per heavy atom. The van der Waals surface area contributed by atoms with Crippen LogP contribution in [0, 0.1) is 0 Å². The van der Waals surface area contributed by atoms with Crippen molar-refractivity contribution in [1.82, 2.24) is 15.1 Å². The van der Waals surface area contributed by atoms with E-state index in [0.29, 0.717) is 0 Å². The minimum absolute atomic E-state index is 0.191. The molecule has 1 aromatic heterocycles. The van der Waals surface area contributed by atoms with Crippen LogP contribution in [0.4, 0.5) is 26.3 Å². The van der Waals surface area contributed by atoms with Crippen LogP contribution < -0.4 is 5.32 Å². The van der Waals surface area contributed by atoms with Gasteiger partial charge in [-0.15, -0.1) is 0 Å². The summed E-state index contributed by atoms with van der Waals surface area (Å²) >= 11 is 0. The first-order chi connectivity index (χ1) is 13.5. The number of hydrogen-bond acceptors (Lipinski definition) is 2. The lowest BCUT2D eigenvalue weighted by molar-refractivity contribution is -0.174. The molecule has 3 rings (SSSR count). The molecule has 1 aliphatic rings. The van der Waals surface area contributed by atoms with E-state index in [-0.39, 0.29) is 11.1 Å². The Bertz CT molecular complexity index is 972. The molecule has 29 heavy (non-hydrogen) atoms. The van der Waals surface area contributed by atoms with E-state index in [4.69, 9.17) is 0 Å². The highest BCUT2D eigenvalue weighted by Crippen LogP contribution is 2.45. The van der Waals surface area contributed by atoms with Crippen LogP contribution in [0.5, 0.6) is 0 Å².